The van der Waals surface area contributed by atoms with Gasteiger partial charge < -0.3 is 19.9 Å². The van der Waals surface area contributed by atoms with Crippen LogP contribution in [0.4, 0.5) is 5.82 Å². The second-order valence-electron chi connectivity index (χ2n) is 3.58. The molecule has 1 atom stereocenters. The molecular weight excluding hydrogens is 222 g/mol. The summed E-state index contributed by atoms with van der Waals surface area (Å²) in [7, 11) is 1.55. The molecular formula is C11H19N3O3. The molecule has 0 aromatic carbocycles. The van der Waals surface area contributed by atoms with Crippen LogP contribution in [0.5, 0.6) is 5.88 Å². The van der Waals surface area contributed by atoms with Crippen LogP contribution in [0.25, 0.3) is 0 Å². The fraction of sp³-hybridized carbons (Fsp3) is 0.636. The fourth-order valence-corrected chi connectivity index (χ4v) is 1.20. The van der Waals surface area contributed by atoms with Crippen molar-refractivity contribution < 1.29 is 14.6 Å². The summed E-state index contributed by atoms with van der Waals surface area (Å²) < 4.78 is 10.2. The molecule has 0 saturated carbocycles. The van der Waals surface area contributed by atoms with Crippen molar-refractivity contribution in [2.75, 3.05) is 32.2 Å². The van der Waals surface area contributed by atoms with Crippen molar-refractivity contribution >= 4 is 5.82 Å². The molecule has 0 spiro atoms. The molecule has 1 rings (SSSR count). The van der Waals surface area contributed by atoms with Crippen LogP contribution in [0.2, 0.25) is 0 Å². The molecule has 0 amide bonds. The van der Waals surface area contributed by atoms with E-state index in [0.717, 1.165) is 6.42 Å². The van der Waals surface area contributed by atoms with Crippen LogP contribution in [0.1, 0.15) is 13.3 Å². The van der Waals surface area contributed by atoms with Crippen LogP contribution in [0.3, 0.4) is 0 Å². The van der Waals surface area contributed by atoms with E-state index in [4.69, 9.17) is 9.47 Å². The minimum Gasteiger partial charge on any atom is -0.478 e. The molecule has 0 aliphatic heterocycles. The van der Waals surface area contributed by atoms with Gasteiger partial charge in [0.05, 0.1) is 19.3 Å². The number of aromatic nitrogens is 2. The number of aliphatic hydroxyl groups excluding tert-OH is 1. The van der Waals surface area contributed by atoms with Crippen LogP contribution in [0.15, 0.2) is 12.4 Å². The molecule has 1 aromatic rings. The lowest BCUT2D eigenvalue weighted by molar-refractivity contribution is 0.0727. The molecule has 1 unspecified atom stereocenters. The maximum atomic E-state index is 9.46. The highest BCUT2D eigenvalue weighted by Crippen LogP contribution is 2.10. The van der Waals surface area contributed by atoms with Gasteiger partial charge in [0.1, 0.15) is 12.1 Å². The third-order valence-corrected chi connectivity index (χ3v) is 1.97. The average Bonchev–Trinajstić information content (AvgIpc) is 2.35. The minimum absolute atomic E-state index is 0.289. The Morgan fingerprint density at radius 3 is 3.00 bits per heavy atom. The van der Waals surface area contributed by atoms with E-state index >= 15 is 0 Å². The molecule has 1 aromatic heterocycles. The van der Waals surface area contributed by atoms with Gasteiger partial charge in [0.2, 0.25) is 5.88 Å². The normalized spacial score (nSPS) is 12.2. The lowest BCUT2D eigenvalue weighted by Crippen LogP contribution is -2.24. The van der Waals surface area contributed by atoms with E-state index in [1.54, 1.807) is 13.2 Å². The van der Waals surface area contributed by atoms with Gasteiger partial charge in [-0.15, -0.1) is 0 Å². The Morgan fingerprint density at radius 2 is 2.29 bits per heavy atom. The number of hydrogen-bond acceptors (Lipinski definition) is 6. The SMILES string of the molecule is CCCOc1cc(NCC(O)COC)ncn1. The Labute approximate surface area is 101 Å². The number of aliphatic hydroxyl groups is 1. The van der Waals surface area contributed by atoms with E-state index in [2.05, 4.69) is 15.3 Å². The highest BCUT2D eigenvalue weighted by atomic mass is 16.5. The lowest BCUT2D eigenvalue weighted by Gasteiger charge is -2.11. The molecule has 0 aliphatic carbocycles. The zero-order valence-electron chi connectivity index (χ0n) is 10.2. The maximum Gasteiger partial charge on any atom is 0.218 e. The van der Waals surface area contributed by atoms with Crippen molar-refractivity contribution in [1.82, 2.24) is 9.97 Å². The van der Waals surface area contributed by atoms with Crippen LogP contribution >= 0.6 is 0 Å². The van der Waals surface area contributed by atoms with Gasteiger partial charge in [0, 0.05) is 19.7 Å². The van der Waals surface area contributed by atoms with Gasteiger partial charge in [-0.05, 0) is 6.42 Å². The molecule has 0 radical (unpaired) electrons. The first kappa shape index (κ1) is 13.7. The zero-order chi connectivity index (χ0) is 12.5. The third-order valence-electron chi connectivity index (χ3n) is 1.97. The van der Waals surface area contributed by atoms with Gasteiger partial charge in [0.25, 0.3) is 0 Å². The van der Waals surface area contributed by atoms with E-state index in [1.807, 2.05) is 6.92 Å². The molecule has 0 fully saturated rings. The number of ether oxygens (including phenoxy) is 2. The fourth-order valence-electron chi connectivity index (χ4n) is 1.20. The van der Waals surface area contributed by atoms with Gasteiger partial charge in [-0.3, -0.25) is 0 Å². The Balaban J connectivity index is 2.42. The standard InChI is InChI=1S/C11H19N3O3/c1-3-4-17-11-5-10(13-8-14-11)12-6-9(15)7-16-2/h5,8-9,15H,3-4,6-7H2,1-2H3,(H,12,13,14). The summed E-state index contributed by atoms with van der Waals surface area (Å²) in [5.74, 6) is 1.16. The van der Waals surface area contributed by atoms with Gasteiger partial charge in [-0.1, -0.05) is 6.92 Å². The summed E-state index contributed by atoms with van der Waals surface area (Å²) >= 11 is 0. The summed E-state index contributed by atoms with van der Waals surface area (Å²) in [6.07, 6.45) is 1.80. The topological polar surface area (TPSA) is 76.5 Å². The zero-order valence-corrected chi connectivity index (χ0v) is 10.2. The first-order valence-electron chi connectivity index (χ1n) is 5.62. The second kappa shape index (κ2) is 7.81. The largest absolute Gasteiger partial charge is 0.478 e. The number of nitrogens with zero attached hydrogens (tertiary/aromatic N) is 2. The van der Waals surface area contributed by atoms with Gasteiger partial charge >= 0.3 is 0 Å². The van der Waals surface area contributed by atoms with Gasteiger partial charge in [0.15, 0.2) is 0 Å². The summed E-state index contributed by atoms with van der Waals surface area (Å²) in [5.41, 5.74) is 0. The van der Waals surface area contributed by atoms with Crippen molar-refractivity contribution in [2.24, 2.45) is 0 Å². The predicted octanol–water partition coefficient (Wildman–Crippen LogP) is 0.685. The highest BCUT2D eigenvalue weighted by molar-refractivity contribution is 5.37. The predicted molar refractivity (Wildman–Crippen MR) is 64.2 cm³/mol. The number of methoxy groups -OCH3 is 1. The highest BCUT2D eigenvalue weighted by Gasteiger charge is 2.04. The first-order valence-corrected chi connectivity index (χ1v) is 5.62. The molecule has 0 aliphatic rings. The molecule has 6 heteroatoms. The Kier molecular flexibility index (Phi) is 6.27. The molecule has 0 bridgehead atoms. The Hall–Kier alpha value is -1.40. The quantitative estimate of drug-likeness (QED) is 0.697. The lowest BCUT2D eigenvalue weighted by atomic mass is 10.4. The summed E-state index contributed by atoms with van der Waals surface area (Å²) in [6.45, 7) is 3.32. The van der Waals surface area contributed by atoms with E-state index in [9.17, 15) is 5.11 Å². The minimum atomic E-state index is -0.560. The van der Waals surface area contributed by atoms with Gasteiger partial charge in [-0.25, -0.2) is 9.97 Å². The Morgan fingerprint density at radius 1 is 1.47 bits per heavy atom. The molecule has 17 heavy (non-hydrogen) atoms. The smallest absolute Gasteiger partial charge is 0.218 e. The summed E-state index contributed by atoms with van der Waals surface area (Å²) in [6, 6.07) is 1.70. The van der Waals surface area contributed by atoms with Crippen LogP contribution in [-0.2, 0) is 4.74 Å². The van der Waals surface area contributed by atoms with E-state index in [-0.39, 0.29) is 6.61 Å². The summed E-state index contributed by atoms with van der Waals surface area (Å²) in [4.78, 5) is 8.01. The van der Waals surface area contributed by atoms with E-state index in [0.29, 0.717) is 24.8 Å². The third kappa shape index (κ3) is 5.46. The second-order valence-corrected chi connectivity index (χ2v) is 3.58. The molecule has 6 nitrogen and oxygen atoms in total. The molecule has 1 heterocycles. The van der Waals surface area contributed by atoms with Crippen LogP contribution in [-0.4, -0.2) is 48.0 Å². The van der Waals surface area contributed by atoms with Crippen molar-refractivity contribution in [3.63, 3.8) is 0 Å². The summed E-state index contributed by atoms with van der Waals surface area (Å²) in [5, 5.41) is 12.4. The van der Waals surface area contributed by atoms with Crippen LogP contribution in [0, 0.1) is 0 Å². The van der Waals surface area contributed by atoms with E-state index in [1.165, 1.54) is 6.33 Å². The molecule has 0 saturated heterocycles. The van der Waals surface area contributed by atoms with Crippen LogP contribution < -0.4 is 10.1 Å². The maximum absolute atomic E-state index is 9.46. The van der Waals surface area contributed by atoms with Crippen molar-refractivity contribution in [3.05, 3.63) is 12.4 Å². The average molecular weight is 241 g/mol. The van der Waals surface area contributed by atoms with Crippen molar-refractivity contribution in [1.29, 1.82) is 0 Å². The Bertz CT molecular complexity index is 323. The number of nitrogens with one attached hydrogen (secondary N) is 1. The number of hydrogen-bond donors (Lipinski definition) is 2. The van der Waals surface area contributed by atoms with Crippen molar-refractivity contribution in [2.45, 2.75) is 19.4 Å². The monoisotopic (exact) mass is 241 g/mol. The first-order chi connectivity index (χ1) is 8.26. The number of anilines is 1. The van der Waals surface area contributed by atoms with E-state index < -0.39 is 6.10 Å². The number of rotatable bonds is 8. The molecule has 2 N–H and O–H groups in total. The van der Waals surface area contributed by atoms with Crippen molar-refractivity contribution in [3.8, 4) is 5.88 Å². The molecule has 96 valence electrons. The van der Waals surface area contributed by atoms with Gasteiger partial charge in [-0.2, -0.15) is 0 Å².